The maximum absolute atomic E-state index is 12.9. The van der Waals surface area contributed by atoms with Gasteiger partial charge in [0, 0.05) is 10.6 Å². The molecular formula is C13H14ClFN2S. The highest BCUT2D eigenvalue weighted by Crippen LogP contribution is 2.32. The van der Waals surface area contributed by atoms with Crippen LogP contribution in [0, 0.1) is 6.92 Å². The first-order valence-corrected chi connectivity index (χ1v) is 6.74. The number of hydrogen-bond acceptors (Lipinski definition) is 2. The smallest absolute Gasteiger partial charge is 0.180 e. The van der Waals surface area contributed by atoms with Crippen LogP contribution in [0.2, 0.25) is 5.02 Å². The van der Waals surface area contributed by atoms with E-state index in [4.69, 9.17) is 11.6 Å². The topological polar surface area (TPSA) is 17.8 Å². The zero-order chi connectivity index (χ0) is 13.3. The van der Waals surface area contributed by atoms with E-state index in [1.54, 1.807) is 0 Å². The van der Waals surface area contributed by atoms with Gasteiger partial charge in [0.25, 0.3) is 0 Å². The molecule has 2 rings (SSSR count). The van der Waals surface area contributed by atoms with Gasteiger partial charge in [-0.1, -0.05) is 37.6 Å². The van der Waals surface area contributed by atoms with Gasteiger partial charge >= 0.3 is 0 Å². The molecule has 2 aromatic rings. The third-order valence-corrected chi connectivity index (χ3v) is 3.53. The van der Waals surface area contributed by atoms with E-state index in [0.717, 1.165) is 22.5 Å². The molecule has 1 aromatic heterocycles. The molecule has 1 heterocycles. The Morgan fingerprint density at radius 2 is 1.89 bits per heavy atom. The predicted molar refractivity (Wildman–Crippen MR) is 75.6 cm³/mol. The lowest BCUT2D eigenvalue weighted by Gasteiger charge is -2.06. The van der Waals surface area contributed by atoms with Crippen LogP contribution in [0.3, 0.4) is 0 Å². The molecule has 0 fully saturated rings. The van der Waals surface area contributed by atoms with Gasteiger partial charge in [0.2, 0.25) is 0 Å². The summed E-state index contributed by atoms with van der Waals surface area (Å²) < 4.78 is 14.3. The highest BCUT2D eigenvalue weighted by molar-refractivity contribution is 7.92. The van der Waals surface area contributed by atoms with Crippen LogP contribution in [-0.4, -0.2) is 9.19 Å². The molecule has 0 aliphatic heterocycles. The molecule has 96 valence electrons. The van der Waals surface area contributed by atoms with Crippen molar-refractivity contribution in [1.82, 2.24) is 9.19 Å². The van der Waals surface area contributed by atoms with Crippen LogP contribution in [-0.2, 0) is 0 Å². The summed E-state index contributed by atoms with van der Waals surface area (Å²) in [7, 11) is 0. The molecule has 18 heavy (non-hydrogen) atoms. The maximum atomic E-state index is 12.9. The van der Waals surface area contributed by atoms with E-state index in [9.17, 15) is 3.89 Å². The molecule has 0 saturated carbocycles. The molecule has 0 atom stereocenters. The van der Waals surface area contributed by atoms with Crippen LogP contribution in [0.1, 0.15) is 31.0 Å². The molecule has 0 spiro atoms. The van der Waals surface area contributed by atoms with Crippen molar-refractivity contribution >= 4 is 23.9 Å². The lowest BCUT2D eigenvalue weighted by molar-refractivity contribution is 0.763. The van der Waals surface area contributed by atoms with Crippen molar-refractivity contribution < 1.29 is 3.89 Å². The van der Waals surface area contributed by atoms with Gasteiger partial charge in [-0.25, -0.2) is 0 Å². The average molecular weight is 285 g/mol. The molecule has 0 aliphatic carbocycles. The number of nitrogens with zero attached hydrogens (tertiary/aromatic N) is 2. The summed E-state index contributed by atoms with van der Waals surface area (Å²) in [5.41, 5.74) is 3.68. The monoisotopic (exact) mass is 284 g/mol. The van der Waals surface area contributed by atoms with Crippen LogP contribution >= 0.6 is 23.9 Å². The van der Waals surface area contributed by atoms with Gasteiger partial charge < -0.3 is 0 Å². The van der Waals surface area contributed by atoms with Crippen LogP contribution in [0.5, 0.6) is 0 Å². The summed E-state index contributed by atoms with van der Waals surface area (Å²) in [6, 6.07) is 7.42. The first-order chi connectivity index (χ1) is 8.54. The van der Waals surface area contributed by atoms with Gasteiger partial charge in [-0.2, -0.15) is 9.19 Å². The Labute approximate surface area is 116 Å². The highest BCUT2D eigenvalue weighted by atomic mass is 35.5. The fraction of sp³-hybridized carbons (Fsp3) is 0.308. The van der Waals surface area contributed by atoms with E-state index in [-0.39, 0.29) is 18.3 Å². The molecule has 1 aromatic carbocycles. The van der Waals surface area contributed by atoms with E-state index >= 15 is 0 Å². The molecule has 5 heteroatoms. The zero-order valence-corrected chi connectivity index (χ0v) is 12.0. The van der Waals surface area contributed by atoms with E-state index in [1.165, 1.54) is 4.09 Å². The second-order valence-corrected chi connectivity index (χ2v) is 5.38. The van der Waals surface area contributed by atoms with Gasteiger partial charge in [0.15, 0.2) is 12.3 Å². The van der Waals surface area contributed by atoms with Gasteiger partial charge in [-0.05, 0) is 30.5 Å². The summed E-state index contributed by atoms with van der Waals surface area (Å²) in [5, 5.41) is 4.99. The number of benzene rings is 1. The van der Waals surface area contributed by atoms with Gasteiger partial charge in [0.05, 0.1) is 11.4 Å². The third-order valence-electron chi connectivity index (χ3n) is 2.87. The molecule has 0 unspecified atom stereocenters. The molecule has 0 amide bonds. The van der Waals surface area contributed by atoms with E-state index < -0.39 is 0 Å². The number of rotatable bonds is 3. The predicted octanol–water partition coefficient (Wildman–Crippen LogP) is 5.02. The lowest BCUT2D eigenvalue weighted by Crippen LogP contribution is -1.98. The highest BCUT2D eigenvalue weighted by Gasteiger charge is 2.18. The fourth-order valence-corrected chi connectivity index (χ4v) is 2.73. The Morgan fingerprint density at radius 1 is 1.28 bits per heavy atom. The van der Waals surface area contributed by atoms with Crippen LogP contribution in [0.25, 0.3) is 11.3 Å². The Balaban J connectivity index is 2.55. The van der Waals surface area contributed by atoms with E-state index in [0.29, 0.717) is 5.02 Å². The standard InChI is InChI=1S/C13H14ClFN2S/c1-8(2)13-9(3)12(16-17(13)18-15)10-4-6-11(14)7-5-10/h4-8H,1-3H3. The summed E-state index contributed by atoms with van der Waals surface area (Å²) in [6.07, 6.45) is 0. The number of aromatic nitrogens is 2. The normalized spacial score (nSPS) is 11.2. The van der Waals surface area contributed by atoms with Crippen molar-refractivity contribution in [1.29, 1.82) is 0 Å². The largest absolute Gasteiger partial charge is 0.187 e. The van der Waals surface area contributed by atoms with Gasteiger partial charge in [-0.15, -0.1) is 3.89 Å². The molecule has 0 aliphatic rings. The minimum Gasteiger partial charge on any atom is -0.180 e. The Morgan fingerprint density at radius 3 is 2.33 bits per heavy atom. The molecule has 0 N–H and O–H groups in total. The first-order valence-electron chi connectivity index (χ1n) is 5.69. The summed E-state index contributed by atoms with van der Waals surface area (Å²) in [6.45, 7) is 6.03. The van der Waals surface area contributed by atoms with E-state index in [2.05, 4.69) is 5.10 Å². The molecule has 2 nitrogen and oxygen atoms in total. The Hall–Kier alpha value is -1.00. The second-order valence-electron chi connectivity index (χ2n) is 4.46. The SMILES string of the molecule is Cc1c(-c2ccc(Cl)cc2)nn(SF)c1C(C)C. The van der Waals surface area contributed by atoms with Crippen LogP contribution < -0.4 is 0 Å². The summed E-state index contributed by atoms with van der Waals surface area (Å²) >= 11 is 6.00. The zero-order valence-electron chi connectivity index (χ0n) is 10.4. The van der Waals surface area contributed by atoms with Crippen molar-refractivity contribution in [3.05, 3.63) is 40.5 Å². The molecular weight excluding hydrogens is 271 g/mol. The number of hydrogen-bond donors (Lipinski definition) is 0. The minimum absolute atomic E-state index is 0.136. The van der Waals surface area contributed by atoms with Crippen molar-refractivity contribution in [2.45, 2.75) is 26.7 Å². The molecule has 0 radical (unpaired) electrons. The fourth-order valence-electron chi connectivity index (χ4n) is 2.07. The second kappa shape index (κ2) is 5.33. The lowest BCUT2D eigenvalue weighted by atomic mass is 10.0. The van der Waals surface area contributed by atoms with Crippen molar-refractivity contribution in [2.75, 3.05) is 0 Å². The number of halogens is 2. The molecule has 0 saturated heterocycles. The Bertz CT molecular complexity index is 549. The summed E-state index contributed by atoms with van der Waals surface area (Å²) in [4.78, 5) is 0. The maximum Gasteiger partial charge on any atom is 0.187 e. The van der Waals surface area contributed by atoms with Gasteiger partial charge in [0.1, 0.15) is 0 Å². The quantitative estimate of drug-likeness (QED) is 0.788. The van der Waals surface area contributed by atoms with Crippen molar-refractivity contribution in [3.8, 4) is 11.3 Å². The van der Waals surface area contributed by atoms with E-state index in [1.807, 2.05) is 45.0 Å². The van der Waals surface area contributed by atoms with Crippen LogP contribution in [0.15, 0.2) is 24.3 Å². The van der Waals surface area contributed by atoms with Gasteiger partial charge in [-0.3, -0.25) is 0 Å². The average Bonchev–Trinajstić information content (AvgIpc) is 2.67. The van der Waals surface area contributed by atoms with Crippen LogP contribution in [0.4, 0.5) is 3.89 Å². The van der Waals surface area contributed by atoms with Crippen molar-refractivity contribution in [3.63, 3.8) is 0 Å². The molecule has 0 bridgehead atoms. The third kappa shape index (κ3) is 2.40. The summed E-state index contributed by atoms with van der Waals surface area (Å²) in [5.74, 6) is 0.224. The Kier molecular flexibility index (Phi) is 3.97. The minimum atomic E-state index is 0.136. The first kappa shape index (κ1) is 13.4. The van der Waals surface area contributed by atoms with Crippen molar-refractivity contribution in [2.24, 2.45) is 0 Å².